The van der Waals surface area contributed by atoms with Crippen LogP contribution in [0.3, 0.4) is 0 Å². The normalized spacial score (nSPS) is 15.7. The predicted octanol–water partition coefficient (Wildman–Crippen LogP) is 0.997. The molecule has 2 heterocycles. The van der Waals surface area contributed by atoms with Crippen LogP contribution in [0, 0.1) is 5.82 Å². The zero-order valence-electron chi connectivity index (χ0n) is 15.7. The van der Waals surface area contributed by atoms with Gasteiger partial charge in [-0.3, -0.25) is 9.69 Å². The Morgan fingerprint density at radius 2 is 1.86 bits per heavy atom. The highest BCUT2D eigenvalue weighted by molar-refractivity contribution is 7.90. The Morgan fingerprint density at radius 3 is 2.50 bits per heavy atom. The Labute approximate surface area is 163 Å². The zero-order chi connectivity index (χ0) is 20.1. The Kier molecular flexibility index (Phi) is 6.40. The van der Waals surface area contributed by atoms with Crippen molar-refractivity contribution in [2.75, 3.05) is 44.7 Å². The first-order valence-corrected chi connectivity index (χ1v) is 11.1. The minimum atomic E-state index is -2.98. The summed E-state index contributed by atoms with van der Waals surface area (Å²) in [6, 6.07) is 5.78. The highest BCUT2D eigenvalue weighted by Crippen LogP contribution is 2.17. The van der Waals surface area contributed by atoms with Crippen molar-refractivity contribution in [3.05, 3.63) is 36.0 Å². The van der Waals surface area contributed by atoms with Crippen LogP contribution in [-0.2, 0) is 21.1 Å². The Bertz CT molecular complexity index is 906. The van der Waals surface area contributed by atoms with Crippen molar-refractivity contribution < 1.29 is 22.1 Å². The van der Waals surface area contributed by atoms with Crippen molar-refractivity contribution in [2.45, 2.75) is 12.8 Å². The maximum Gasteiger partial charge on any atom is 0.227 e. The number of nitrogens with zero attached hydrogens (tertiary/aromatic N) is 4. The summed E-state index contributed by atoms with van der Waals surface area (Å²) >= 11 is 0. The van der Waals surface area contributed by atoms with Crippen LogP contribution in [0.5, 0.6) is 0 Å². The maximum absolute atomic E-state index is 13.0. The van der Waals surface area contributed by atoms with Crippen molar-refractivity contribution in [1.82, 2.24) is 19.9 Å². The molecule has 0 radical (unpaired) electrons. The molecule has 1 aromatic carbocycles. The molecule has 1 aliphatic rings. The summed E-state index contributed by atoms with van der Waals surface area (Å²) in [5, 5.41) is 3.87. The van der Waals surface area contributed by atoms with Gasteiger partial charge in [-0.2, -0.15) is 4.98 Å². The average Bonchev–Trinajstić information content (AvgIpc) is 3.14. The second-order valence-corrected chi connectivity index (χ2v) is 9.13. The number of benzene rings is 1. The van der Waals surface area contributed by atoms with E-state index in [0.29, 0.717) is 56.4 Å². The Hall–Kier alpha value is -2.33. The van der Waals surface area contributed by atoms with E-state index < -0.39 is 9.84 Å². The summed E-state index contributed by atoms with van der Waals surface area (Å²) in [6.07, 6.45) is 1.82. The van der Waals surface area contributed by atoms with Crippen LogP contribution in [0.1, 0.15) is 12.3 Å². The third-order valence-electron chi connectivity index (χ3n) is 4.63. The molecule has 28 heavy (non-hydrogen) atoms. The summed E-state index contributed by atoms with van der Waals surface area (Å²) in [4.78, 5) is 20.5. The van der Waals surface area contributed by atoms with Crippen molar-refractivity contribution in [2.24, 2.45) is 0 Å². The Morgan fingerprint density at radius 1 is 1.18 bits per heavy atom. The second kappa shape index (κ2) is 8.78. The third kappa shape index (κ3) is 5.83. The van der Waals surface area contributed by atoms with Crippen molar-refractivity contribution in [1.29, 1.82) is 0 Å². The van der Waals surface area contributed by atoms with Crippen molar-refractivity contribution >= 4 is 15.7 Å². The number of aromatic nitrogens is 2. The van der Waals surface area contributed by atoms with Gasteiger partial charge in [-0.25, -0.2) is 12.8 Å². The van der Waals surface area contributed by atoms with E-state index in [1.54, 1.807) is 17.0 Å². The third-order valence-corrected chi connectivity index (χ3v) is 5.55. The fourth-order valence-electron chi connectivity index (χ4n) is 2.96. The zero-order valence-corrected chi connectivity index (χ0v) is 16.5. The van der Waals surface area contributed by atoms with Gasteiger partial charge in [0.05, 0.1) is 5.75 Å². The van der Waals surface area contributed by atoms with Gasteiger partial charge in [-0.1, -0.05) is 5.16 Å². The summed E-state index contributed by atoms with van der Waals surface area (Å²) in [5.41, 5.74) is 0.646. The van der Waals surface area contributed by atoms with E-state index in [0.717, 1.165) is 0 Å². The number of sulfone groups is 1. The molecule has 1 saturated heterocycles. The average molecular weight is 410 g/mol. The van der Waals surface area contributed by atoms with Crippen LogP contribution < -0.4 is 0 Å². The molecule has 0 atom stereocenters. The molecule has 10 heteroatoms. The summed E-state index contributed by atoms with van der Waals surface area (Å²) in [5.74, 6) is 0.522. The molecule has 3 rings (SSSR count). The Balaban J connectivity index is 1.44. The molecule has 1 fully saturated rings. The number of carbonyl (C=O) groups is 1. The monoisotopic (exact) mass is 410 g/mol. The number of carbonyl (C=O) groups excluding carboxylic acids is 1. The number of piperazine rings is 1. The first kappa shape index (κ1) is 20.4. The maximum atomic E-state index is 13.0. The molecule has 8 nitrogen and oxygen atoms in total. The fraction of sp³-hybridized carbons (Fsp3) is 0.500. The molecule has 0 spiro atoms. The number of hydrogen-bond donors (Lipinski definition) is 0. The van der Waals surface area contributed by atoms with E-state index in [1.807, 2.05) is 0 Å². The van der Waals surface area contributed by atoms with Gasteiger partial charge >= 0.3 is 0 Å². The minimum Gasteiger partial charge on any atom is -0.340 e. The lowest BCUT2D eigenvalue weighted by atomic mass is 10.2. The number of amides is 1. The fourth-order valence-corrected chi connectivity index (χ4v) is 3.55. The number of aryl methyl sites for hydroxylation is 1. The van der Waals surface area contributed by atoms with Crippen LogP contribution in [0.25, 0.3) is 11.4 Å². The van der Waals surface area contributed by atoms with Gasteiger partial charge in [0.1, 0.15) is 15.7 Å². The van der Waals surface area contributed by atoms with Gasteiger partial charge in [0.25, 0.3) is 0 Å². The molecule has 1 aliphatic heterocycles. The lowest BCUT2D eigenvalue weighted by Gasteiger charge is -2.34. The second-order valence-electron chi connectivity index (χ2n) is 6.87. The molecule has 0 N–H and O–H groups in total. The van der Waals surface area contributed by atoms with E-state index in [2.05, 4.69) is 15.0 Å². The summed E-state index contributed by atoms with van der Waals surface area (Å²) in [6.45, 7) is 2.97. The molecule has 152 valence electrons. The molecule has 1 aromatic heterocycles. The van der Waals surface area contributed by atoms with Gasteiger partial charge in [-0.05, 0) is 24.3 Å². The highest BCUT2D eigenvalue weighted by atomic mass is 32.2. The van der Waals surface area contributed by atoms with Crippen LogP contribution >= 0.6 is 0 Å². The standard InChI is InChI=1S/C18H23FN4O4S/c1-28(25,26)13-12-22-8-10-23(11-9-22)17(24)7-6-16-20-18(21-27-16)14-2-4-15(19)5-3-14/h2-5H,6-13H2,1H3. The van der Waals surface area contributed by atoms with Crippen LogP contribution in [-0.4, -0.2) is 79.0 Å². The van der Waals surface area contributed by atoms with E-state index in [1.165, 1.54) is 18.4 Å². The molecule has 2 aromatic rings. The quantitative estimate of drug-likeness (QED) is 0.672. The highest BCUT2D eigenvalue weighted by Gasteiger charge is 2.22. The van der Waals surface area contributed by atoms with Crippen LogP contribution in [0.4, 0.5) is 4.39 Å². The SMILES string of the molecule is CS(=O)(=O)CCN1CCN(C(=O)CCc2nc(-c3ccc(F)cc3)no2)CC1. The van der Waals surface area contributed by atoms with E-state index >= 15 is 0 Å². The first-order valence-electron chi connectivity index (χ1n) is 9.06. The first-order chi connectivity index (χ1) is 13.3. The van der Waals surface area contributed by atoms with Crippen LogP contribution in [0.15, 0.2) is 28.8 Å². The van der Waals surface area contributed by atoms with E-state index in [-0.39, 0.29) is 23.9 Å². The summed E-state index contributed by atoms with van der Waals surface area (Å²) in [7, 11) is -2.98. The topological polar surface area (TPSA) is 96.6 Å². The van der Waals surface area contributed by atoms with Crippen molar-refractivity contribution in [3.8, 4) is 11.4 Å². The lowest BCUT2D eigenvalue weighted by molar-refractivity contribution is -0.132. The predicted molar refractivity (Wildman–Crippen MR) is 101 cm³/mol. The largest absolute Gasteiger partial charge is 0.340 e. The molecule has 0 unspecified atom stereocenters. The van der Waals surface area contributed by atoms with Gasteiger partial charge in [-0.15, -0.1) is 0 Å². The minimum absolute atomic E-state index is 0.00398. The van der Waals surface area contributed by atoms with Crippen molar-refractivity contribution in [3.63, 3.8) is 0 Å². The summed E-state index contributed by atoms with van der Waals surface area (Å²) < 4.78 is 40.6. The molecule has 0 aliphatic carbocycles. The van der Waals surface area contributed by atoms with Gasteiger partial charge in [0.15, 0.2) is 0 Å². The number of hydrogen-bond acceptors (Lipinski definition) is 7. The van der Waals surface area contributed by atoms with Crippen LogP contribution in [0.2, 0.25) is 0 Å². The van der Waals surface area contributed by atoms with E-state index in [9.17, 15) is 17.6 Å². The molecule has 0 saturated carbocycles. The smallest absolute Gasteiger partial charge is 0.227 e. The molecular weight excluding hydrogens is 387 g/mol. The molecular formula is C18H23FN4O4S. The van der Waals surface area contributed by atoms with Gasteiger partial charge in [0, 0.05) is 57.4 Å². The van der Waals surface area contributed by atoms with E-state index in [4.69, 9.17) is 4.52 Å². The van der Waals surface area contributed by atoms with Gasteiger partial charge < -0.3 is 9.42 Å². The number of halogens is 1. The molecule has 0 bridgehead atoms. The molecule has 1 amide bonds. The number of rotatable bonds is 7. The van der Waals surface area contributed by atoms with Gasteiger partial charge in [0.2, 0.25) is 17.6 Å². The lowest BCUT2D eigenvalue weighted by Crippen LogP contribution is -2.49.